The largest absolute Gasteiger partial charge is 0.311 e. The van der Waals surface area contributed by atoms with E-state index >= 15 is 0 Å². The van der Waals surface area contributed by atoms with Gasteiger partial charge in [0.15, 0.2) is 0 Å². The first kappa shape index (κ1) is 18.3. The standard InChI is InChI=1S/C20H21N3O2S2/c1-11-12(2)27-19-17(11)18(24)21-16(22-19)10-26-13(3)20(25)23-9-8-14-6-4-5-7-15(14)23/h4-7,13H,8-10H2,1-3H3,(H,21,22,24)/t13-/m1/s1. The quantitative estimate of drug-likeness (QED) is 0.724. The molecule has 0 spiro atoms. The molecule has 4 rings (SSSR count). The Labute approximate surface area is 165 Å². The maximum absolute atomic E-state index is 12.9. The number of hydrogen-bond donors (Lipinski definition) is 1. The van der Waals surface area contributed by atoms with Gasteiger partial charge < -0.3 is 9.88 Å². The molecular weight excluding hydrogens is 378 g/mol. The first-order valence-electron chi connectivity index (χ1n) is 8.95. The molecule has 1 amide bonds. The Kier molecular flexibility index (Phi) is 4.82. The SMILES string of the molecule is Cc1sc2nc(CS[C@H](C)C(=O)N3CCc4ccccc43)[nH]c(=O)c2c1C. The van der Waals surface area contributed by atoms with Gasteiger partial charge in [0, 0.05) is 17.1 Å². The number of carbonyl (C=O) groups is 1. The number of hydrogen-bond acceptors (Lipinski definition) is 5. The van der Waals surface area contributed by atoms with Gasteiger partial charge in [-0.15, -0.1) is 23.1 Å². The summed E-state index contributed by atoms with van der Waals surface area (Å²) >= 11 is 3.05. The number of thioether (sulfide) groups is 1. The average Bonchev–Trinajstić information content (AvgIpc) is 3.20. The van der Waals surface area contributed by atoms with E-state index in [-0.39, 0.29) is 16.7 Å². The maximum atomic E-state index is 12.9. The topological polar surface area (TPSA) is 66.1 Å². The number of benzene rings is 1. The van der Waals surface area contributed by atoms with E-state index in [1.165, 1.54) is 17.3 Å². The molecule has 0 radical (unpaired) electrons. The van der Waals surface area contributed by atoms with E-state index in [0.717, 1.165) is 33.9 Å². The van der Waals surface area contributed by atoms with Crippen LogP contribution in [-0.4, -0.2) is 27.7 Å². The Morgan fingerprint density at radius 1 is 1.37 bits per heavy atom. The number of rotatable bonds is 4. The fourth-order valence-electron chi connectivity index (χ4n) is 3.43. The molecule has 1 aliphatic rings. The minimum absolute atomic E-state index is 0.0927. The van der Waals surface area contributed by atoms with Crippen LogP contribution in [0.1, 0.15) is 28.8 Å². The molecule has 1 aliphatic heterocycles. The molecule has 2 aromatic heterocycles. The molecule has 27 heavy (non-hydrogen) atoms. The van der Waals surface area contributed by atoms with Crippen molar-refractivity contribution in [3.05, 3.63) is 56.4 Å². The number of amides is 1. The van der Waals surface area contributed by atoms with Gasteiger partial charge in [0.2, 0.25) is 5.91 Å². The van der Waals surface area contributed by atoms with Crippen molar-refractivity contribution in [3.63, 3.8) is 0 Å². The van der Waals surface area contributed by atoms with Crippen LogP contribution in [0.15, 0.2) is 29.1 Å². The number of fused-ring (bicyclic) bond motifs is 2. The van der Waals surface area contributed by atoms with Gasteiger partial charge in [0.05, 0.1) is 16.4 Å². The van der Waals surface area contributed by atoms with Crippen LogP contribution in [0.25, 0.3) is 10.2 Å². The molecular formula is C20H21N3O2S2. The van der Waals surface area contributed by atoms with Crippen LogP contribution in [0.5, 0.6) is 0 Å². The summed E-state index contributed by atoms with van der Waals surface area (Å²) in [5.41, 5.74) is 3.15. The van der Waals surface area contributed by atoms with Crippen LogP contribution < -0.4 is 10.5 Å². The van der Waals surface area contributed by atoms with Gasteiger partial charge in [-0.05, 0) is 44.4 Å². The highest BCUT2D eigenvalue weighted by molar-refractivity contribution is 7.99. The Morgan fingerprint density at radius 2 is 2.15 bits per heavy atom. The molecule has 1 aromatic carbocycles. The molecule has 0 unspecified atom stereocenters. The summed E-state index contributed by atoms with van der Waals surface area (Å²) in [4.78, 5) is 36.5. The van der Waals surface area contributed by atoms with E-state index in [1.54, 1.807) is 11.3 Å². The number of nitrogens with zero attached hydrogens (tertiary/aromatic N) is 2. The molecule has 3 heterocycles. The first-order valence-corrected chi connectivity index (χ1v) is 10.8. The Morgan fingerprint density at radius 3 is 2.96 bits per heavy atom. The van der Waals surface area contributed by atoms with Crippen molar-refractivity contribution in [1.82, 2.24) is 9.97 Å². The average molecular weight is 400 g/mol. The lowest BCUT2D eigenvalue weighted by Gasteiger charge is -2.21. The molecule has 0 saturated carbocycles. The highest BCUT2D eigenvalue weighted by Crippen LogP contribution is 2.30. The third kappa shape index (κ3) is 3.30. The molecule has 1 N–H and O–H groups in total. The van der Waals surface area contributed by atoms with Crippen LogP contribution >= 0.6 is 23.1 Å². The molecule has 0 saturated heterocycles. The minimum atomic E-state index is -0.205. The van der Waals surface area contributed by atoms with E-state index < -0.39 is 0 Å². The zero-order valence-corrected chi connectivity index (χ0v) is 17.2. The molecule has 140 valence electrons. The summed E-state index contributed by atoms with van der Waals surface area (Å²) in [5.74, 6) is 1.24. The number of para-hydroxylation sites is 1. The van der Waals surface area contributed by atoms with E-state index in [4.69, 9.17) is 0 Å². The second-order valence-corrected chi connectivity index (χ2v) is 9.33. The highest BCUT2D eigenvalue weighted by atomic mass is 32.2. The van der Waals surface area contributed by atoms with Crippen molar-refractivity contribution in [3.8, 4) is 0 Å². The van der Waals surface area contributed by atoms with Crippen molar-refractivity contribution in [2.75, 3.05) is 11.4 Å². The zero-order valence-electron chi connectivity index (χ0n) is 15.5. The molecule has 5 nitrogen and oxygen atoms in total. The van der Waals surface area contributed by atoms with Gasteiger partial charge in [-0.2, -0.15) is 0 Å². The zero-order chi connectivity index (χ0) is 19.1. The Hall–Kier alpha value is -2.12. The molecule has 0 aliphatic carbocycles. The Balaban J connectivity index is 1.48. The second-order valence-electron chi connectivity index (χ2n) is 6.80. The van der Waals surface area contributed by atoms with Crippen molar-refractivity contribution in [1.29, 1.82) is 0 Å². The van der Waals surface area contributed by atoms with E-state index in [0.29, 0.717) is 17.0 Å². The lowest BCUT2D eigenvalue weighted by Crippen LogP contribution is -2.35. The third-order valence-corrected chi connectivity index (χ3v) is 7.30. The number of carbonyl (C=O) groups excluding carboxylic acids is 1. The van der Waals surface area contributed by atoms with Gasteiger partial charge in [-0.1, -0.05) is 18.2 Å². The number of nitrogens with one attached hydrogen (secondary N) is 1. The minimum Gasteiger partial charge on any atom is -0.311 e. The van der Waals surface area contributed by atoms with Crippen molar-refractivity contribution >= 4 is 44.9 Å². The number of aromatic amines is 1. The molecule has 0 bridgehead atoms. The predicted molar refractivity (Wildman–Crippen MR) is 113 cm³/mol. The van der Waals surface area contributed by atoms with Crippen LogP contribution in [0.4, 0.5) is 5.69 Å². The monoisotopic (exact) mass is 399 g/mol. The summed E-state index contributed by atoms with van der Waals surface area (Å²) in [6, 6.07) is 8.07. The van der Waals surface area contributed by atoms with Crippen LogP contribution in [0, 0.1) is 13.8 Å². The normalized spacial score (nSPS) is 14.6. The molecule has 1 atom stereocenters. The highest BCUT2D eigenvalue weighted by Gasteiger charge is 2.28. The summed E-state index contributed by atoms with van der Waals surface area (Å²) in [7, 11) is 0. The van der Waals surface area contributed by atoms with Crippen LogP contribution in [-0.2, 0) is 17.0 Å². The maximum Gasteiger partial charge on any atom is 0.259 e. The van der Waals surface area contributed by atoms with Crippen molar-refractivity contribution in [2.24, 2.45) is 0 Å². The van der Waals surface area contributed by atoms with E-state index in [1.807, 2.05) is 43.9 Å². The number of anilines is 1. The van der Waals surface area contributed by atoms with E-state index in [9.17, 15) is 9.59 Å². The summed E-state index contributed by atoms with van der Waals surface area (Å²) in [5, 5.41) is 0.480. The van der Waals surface area contributed by atoms with E-state index in [2.05, 4.69) is 16.0 Å². The lowest BCUT2D eigenvalue weighted by atomic mass is 10.2. The van der Waals surface area contributed by atoms with Gasteiger partial charge in [0.1, 0.15) is 10.7 Å². The molecule has 3 aromatic rings. The summed E-state index contributed by atoms with van der Waals surface area (Å²) in [6.45, 7) is 6.61. The smallest absolute Gasteiger partial charge is 0.259 e. The number of aromatic nitrogens is 2. The van der Waals surface area contributed by atoms with Crippen LogP contribution in [0.2, 0.25) is 0 Å². The molecule has 7 heteroatoms. The first-order chi connectivity index (χ1) is 13.0. The Bertz CT molecular complexity index is 1090. The fourth-order valence-corrected chi connectivity index (χ4v) is 5.29. The number of H-pyrrole nitrogens is 1. The van der Waals surface area contributed by atoms with Crippen LogP contribution in [0.3, 0.4) is 0 Å². The van der Waals surface area contributed by atoms with Gasteiger partial charge in [-0.3, -0.25) is 9.59 Å². The number of thiophene rings is 1. The lowest BCUT2D eigenvalue weighted by molar-refractivity contribution is -0.117. The number of aryl methyl sites for hydroxylation is 2. The third-order valence-electron chi connectivity index (χ3n) is 5.06. The van der Waals surface area contributed by atoms with Gasteiger partial charge in [-0.25, -0.2) is 4.98 Å². The van der Waals surface area contributed by atoms with Gasteiger partial charge >= 0.3 is 0 Å². The second kappa shape index (κ2) is 7.13. The predicted octanol–water partition coefficient (Wildman–Crippen LogP) is 3.81. The molecule has 0 fully saturated rings. The van der Waals surface area contributed by atoms with Gasteiger partial charge in [0.25, 0.3) is 5.56 Å². The fraction of sp³-hybridized carbons (Fsp3) is 0.350. The summed E-state index contributed by atoms with van der Waals surface area (Å²) < 4.78 is 0. The van der Waals surface area contributed by atoms with Crippen molar-refractivity contribution in [2.45, 2.75) is 38.2 Å². The summed E-state index contributed by atoms with van der Waals surface area (Å²) in [6.07, 6.45) is 0.905. The van der Waals surface area contributed by atoms with Crippen molar-refractivity contribution < 1.29 is 4.79 Å².